The predicted molar refractivity (Wildman–Crippen MR) is 76.3 cm³/mol. The second-order valence-corrected chi connectivity index (χ2v) is 7.08. The van der Waals surface area contributed by atoms with E-state index in [-0.39, 0.29) is 5.60 Å². The summed E-state index contributed by atoms with van der Waals surface area (Å²) in [7, 11) is 0. The third-order valence-corrected chi connectivity index (χ3v) is 4.99. The van der Waals surface area contributed by atoms with Crippen LogP contribution < -0.4 is 5.32 Å². The quantitative estimate of drug-likeness (QED) is 0.802. The van der Waals surface area contributed by atoms with Gasteiger partial charge in [0.1, 0.15) is 0 Å². The van der Waals surface area contributed by atoms with Crippen molar-refractivity contribution < 1.29 is 9.47 Å². The fourth-order valence-electron chi connectivity index (χ4n) is 3.58. The molecule has 3 nitrogen and oxygen atoms in total. The van der Waals surface area contributed by atoms with Crippen LogP contribution in [0.2, 0.25) is 0 Å². The monoisotopic (exact) mass is 267 g/mol. The predicted octanol–water partition coefficient (Wildman–Crippen LogP) is 2.74. The molecule has 0 radical (unpaired) electrons. The van der Waals surface area contributed by atoms with Crippen LogP contribution >= 0.6 is 0 Å². The molecule has 0 bridgehead atoms. The minimum absolute atomic E-state index is 0.114. The average molecular weight is 267 g/mol. The number of ether oxygens (including phenoxy) is 2. The van der Waals surface area contributed by atoms with Gasteiger partial charge in [-0.1, -0.05) is 19.8 Å². The molecule has 1 saturated heterocycles. The zero-order valence-electron chi connectivity index (χ0n) is 12.3. The van der Waals surface area contributed by atoms with E-state index in [1.54, 1.807) is 0 Å². The molecule has 3 rings (SSSR count). The Labute approximate surface area is 117 Å². The first-order valence-electron chi connectivity index (χ1n) is 8.21. The largest absolute Gasteiger partial charge is 0.381 e. The van der Waals surface area contributed by atoms with Crippen molar-refractivity contribution in [1.82, 2.24) is 5.32 Å². The first-order valence-corrected chi connectivity index (χ1v) is 8.21. The summed E-state index contributed by atoms with van der Waals surface area (Å²) in [5.74, 6) is 1.45. The van der Waals surface area contributed by atoms with E-state index in [2.05, 4.69) is 12.2 Å². The Morgan fingerprint density at radius 3 is 2.84 bits per heavy atom. The Morgan fingerprint density at radius 2 is 2.16 bits per heavy atom. The van der Waals surface area contributed by atoms with E-state index >= 15 is 0 Å². The average Bonchev–Trinajstić information content (AvgIpc) is 3.09. The number of hydrogen-bond acceptors (Lipinski definition) is 3. The van der Waals surface area contributed by atoms with Crippen molar-refractivity contribution in [3.63, 3.8) is 0 Å². The lowest BCUT2D eigenvalue weighted by Gasteiger charge is -2.41. The normalized spacial score (nSPS) is 39.6. The van der Waals surface area contributed by atoms with Gasteiger partial charge in [-0.3, -0.25) is 0 Å². The van der Waals surface area contributed by atoms with Gasteiger partial charge >= 0.3 is 0 Å². The van der Waals surface area contributed by atoms with E-state index < -0.39 is 0 Å². The molecule has 0 aromatic heterocycles. The first kappa shape index (κ1) is 13.8. The SMILES string of the molecule is CC1CCCC(CNC2CC2)(OCC2CCOC2)C1. The molecule has 110 valence electrons. The molecular formula is C16H29NO2. The van der Waals surface area contributed by atoms with Crippen LogP contribution in [0.5, 0.6) is 0 Å². The Bertz CT molecular complexity index is 286. The molecule has 3 heteroatoms. The van der Waals surface area contributed by atoms with Crippen LogP contribution in [0.25, 0.3) is 0 Å². The molecule has 19 heavy (non-hydrogen) atoms. The molecule has 2 saturated carbocycles. The van der Waals surface area contributed by atoms with Crippen molar-refractivity contribution in [2.24, 2.45) is 11.8 Å². The van der Waals surface area contributed by atoms with Gasteiger partial charge in [0.2, 0.25) is 0 Å². The molecular weight excluding hydrogens is 238 g/mol. The van der Waals surface area contributed by atoms with Crippen molar-refractivity contribution in [2.45, 2.75) is 63.5 Å². The van der Waals surface area contributed by atoms with E-state index in [1.807, 2.05) is 0 Å². The van der Waals surface area contributed by atoms with Crippen molar-refractivity contribution in [1.29, 1.82) is 0 Å². The first-order chi connectivity index (χ1) is 9.26. The Hall–Kier alpha value is -0.120. The third kappa shape index (κ3) is 3.93. The summed E-state index contributed by atoms with van der Waals surface area (Å²) in [4.78, 5) is 0. The molecule has 3 fully saturated rings. The highest BCUT2D eigenvalue weighted by molar-refractivity contribution is 4.92. The molecule has 1 N–H and O–H groups in total. The van der Waals surface area contributed by atoms with Crippen molar-refractivity contribution in [2.75, 3.05) is 26.4 Å². The summed E-state index contributed by atoms with van der Waals surface area (Å²) in [6.07, 6.45) is 9.09. The molecule has 1 aliphatic heterocycles. The molecule has 3 aliphatic rings. The van der Waals surface area contributed by atoms with Crippen LogP contribution in [0, 0.1) is 11.8 Å². The van der Waals surface area contributed by atoms with Gasteiger partial charge < -0.3 is 14.8 Å². The zero-order chi connectivity index (χ0) is 13.1. The summed E-state index contributed by atoms with van der Waals surface area (Å²) in [6, 6.07) is 0.785. The van der Waals surface area contributed by atoms with Crippen LogP contribution in [-0.2, 0) is 9.47 Å². The summed E-state index contributed by atoms with van der Waals surface area (Å²) in [5.41, 5.74) is 0.114. The lowest BCUT2D eigenvalue weighted by atomic mass is 9.78. The van der Waals surface area contributed by atoms with Gasteiger partial charge in [-0.25, -0.2) is 0 Å². The summed E-state index contributed by atoms with van der Waals surface area (Å²) < 4.78 is 11.9. The summed E-state index contributed by atoms with van der Waals surface area (Å²) in [5, 5.41) is 3.71. The highest BCUT2D eigenvalue weighted by Crippen LogP contribution is 2.36. The van der Waals surface area contributed by atoms with Gasteiger partial charge in [0.25, 0.3) is 0 Å². The maximum atomic E-state index is 6.46. The van der Waals surface area contributed by atoms with Crippen molar-refractivity contribution in [3.8, 4) is 0 Å². The van der Waals surface area contributed by atoms with Crippen molar-refractivity contribution in [3.05, 3.63) is 0 Å². The fourth-order valence-corrected chi connectivity index (χ4v) is 3.58. The highest BCUT2D eigenvalue weighted by atomic mass is 16.5. The van der Waals surface area contributed by atoms with Gasteiger partial charge in [0, 0.05) is 25.1 Å². The smallest absolute Gasteiger partial charge is 0.0809 e. The second kappa shape index (κ2) is 6.11. The topological polar surface area (TPSA) is 30.5 Å². The lowest BCUT2D eigenvalue weighted by Crippen LogP contribution is -2.47. The molecule has 2 aliphatic carbocycles. The van der Waals surface area contributed by atoms with Crippen LogP contribution in [0.3, 0.4) is 0 Å². The second-order valence-electron chi connectivity index (χ2n) is 7.08. The van der Waals surface area contributed by atoms with Crippen LogP contribution in [0.1, 0.15) is 51.9 Å². The van der Waals surface area contributed by atoms with E-state index in [4.69, 9.17) is 9.47 Å². The Kier molecular flexibility index (Phi) is 4.45. The maximum Gasteiger partial charge on any atom is 0.0809 e. The van der Waals surface area contributed by atoms with E-state index in [1.165, 1.54) is 44.9 Å². The molecule has 3 unspecified atom stereocenters. The number of hydrogen-bond donors (Lipinski definition) is 1. The number of nitrogens with one attached hydrogen (secondary N) is 1. The van der Waals surface area contributed by atoms with Gasteiger partial charge in [-0.05, 0) is 38.0 Å². The summed E-state index contributed by atoms with van der Waals surface area (Å²) >= 11 is 0. The van der Waals surface area contributed by atoms with Crippen LogP contribution in [0.4, 0.5) is 0 Å². The molecule has 1 heterocycles. The van der Waals surface area contributed by atoms with E-state index in [9.17, 15) is 0 Å². The molecule has 0 aromatic rings. The standard InChI is InChI=1S/C16H29NO2/c1-13-3-2-7-16(9-13,12-17-15-4-5-15)19-11-14-6-8-18-10-14/h13-15,17H,2-12H2,1H3. The highest BCUT2D eigenvalue weighted by Gasteiger charge is 2.38. The lowest BCUT2D eigenvalue weighted by molar-refractivity contribution is -0.0918. The zero-order valence-corrected chi connectivity index (χ0v) is 12.3. The molecule has 0 aromatic carbocycles. The molecule has 3 atom stereocenters. The van der Waals surface area contributed by atoms with Gasteiger partial charge in [0.05, 0.1) is 18.8 Å². The summed E-state index contributed by atoms with van der Waals surface area (Å²) in [6.45, 7) is 6.18. The van der Waals surface area contributed by atoms with Gasteiger partial charge in [-0.2, -0.15) is 0 Å². The van der Waals surface area contributed by atoms with Crippen molar-refractivity contribution >= 4 is 0 Å². The minimum Gasteiger partial charge on any atom is -0.381 e. The third-order valence-electron chi connectivity index (χ3n) is 4.99. The van der Waals surface area contributed by atoms with Gasteiger partial charge in [-0.15, -0.1) is 0 Å². The van der Waals surface area contributed by atoms with Crippen LogP contribution in [-0.4, -0.2) is 38.0 Å². The molecule has 0 amide bonds. The van der Waals surface area contributed by atoms with E-state index in [0.717, 1.165) is 38.3 Å². The van der Waals surface area contributed by atoms with E-state index in [0.29, 0.717) is 5.92 Å². The minimum atomic E-state index is 0.114. The molecule has 0 spiro atoms. The maximum absolute atomic E-state index is 6.46. The fraction of sp³-hybridized carbons (Fsp3) is 1.00. The van der Waals surface area contributed by atoms with Crippen LogP contribution in [0.15, 0.2) is 0 Å². The van der Waals surface area contributed by atoms with Gasteiger partial charge in [0.15, 0.2) is 0 Å². The number of rotatable bonds is 6. The Morgan fingerprint density at radius 1 is 1.26 bits per heavy atom. The Balaban J connectivity index is 1.53.